The molecular weight excluding hydrogens is 497 g/mol. The van der Waals surface area contributed by atoms with Crippen molar-refractivity contribution >= 4 is 46.3 Å². The molecule has 0 bridgehead atoms. The Balaban J connectivity index is 1.45. The number of aliphatic hydroxyl groups is 1. The maximum absolute atomic E-state index is 9.89. The van der Waals surface area contributed by atoms with Gasteiger partial charge in [-0.2, -0.15) is 10.1 Å². The summed E-state index contributed by atoms with van der Waals surface area (Å²) in [6.45, 7) is 3.77. The van der Waals surface area contributed by atoms with Crippen molar-refractivity contribution in [2.45, 2.75) is 31.9 Å². The number of rotatable bonds is 7. The van der Waals surface area contributed by atoms with E-state index in [9.17, 15) is 5.11 Å². The van der Waals surface area contributed by atoms with E-state index in [-0.39, 0.29) is 0 Å². The highest BCUT2D eigenvalue weighted by molar-refractivity contribution is 6.35. The zero-order valence-electron chi connectivity index (χ0n) is 19.7. The minimum atomic E-state index is -0.743. The van der Waals surface area contributed by atoms with Gasteiger partial charge in [0, 0.05) is 44.9 Å². The van der Waals surface area contributed by atoms with Crippen LogP contribution in [0.25, 0.3) is 11.1 Å². The fourth-order valence-electron chi connectivity index (χ4n) is 4.32. The van der Waals surface area contributed by atoms with E-state index in [2.05, 4.69) is 50.3 Å². The zero-order valence-corrected chi connectivity index (χ0v) is 21.3. The van der Waals surface area contributed by atoms with Gasteiger partial charge in [0.1, 0.15) is 12.0 Å². The summed E-state index contributed by atoms with van der Waals surface area (Å²) >= 11 is 12.3. The van der Waals surface area contributed by atoms with Crippen LogP contribution in [0.15, 0.2) is 61.1 Å². The van der Waals surface area contributed by atoms with Crippen LogP contribution in [0.1, 0.15) is 37.5 Å². The Labute approximate surface area is 219 Å². The van der Waals surface area contributed by atoms with Crippen molar-refractivity contribution in [1.82, 2.24) is 25.1 Å². The number of hydrogen-bond donors (Lipinski definition) is 4. The van der Waals surface area contributed by atoms with Crippen molar-refractivity contribution in [2.75, 3.05) is 23.7 Å². The van der Waals surface area contributed by atoms with Crippen molar-refractivity contribution in [2.24, 2.45) is 0 Å². The molecule has 1 aliphatic rings. The number of hydrogen-bond acceptors (Lipinski definition) is 7. The Morgan fingerprint density at radius 3 is 2.39 bits per heavy atom. The normalized spacial score (nSPS) is 15.0. The number of aromatic nitrogens is 4. The van der Waals surface area contributed by atoms with Gasteiger partial charge in [-0.3, -0.25) is 0 Å². The first kappa shape index (κ1) is 24.5. The van der Waals surface area contributed by atoms with E-state index >= 15 is 0 Å². The van der Waals surface area contributed by atoms with Crippen LogP contribution in [0.3, 0.4) is 0 Å². The highest BCUT2D eigenvalue weighted by Crippen LogP contribution is 2.32. The molecule has 4 aromatic rings. The highest BCUT2D eigenvalue weighted by Gasteiger charge is 2.16. The highest BCUT2D eigenvalue weighted by atomic mass is 35.5. The summed E-state index contributed by atoms with van der Waals surface area (Å²) in [5.74, 6) is 1.57. The van der Waals surface area contributed by atoms with Gasteiger partial charge in [0.25, 0.3) is 0 Å². The number of nitrogens with one attached hydrogen (secondary N) is 3. The maximum atomic E-state index is 9.89. The van der Waals surface area contributed by atoms with Crippen molar-refractivity contribution in [1.29, 1.82) is 0 Å². The van der Waals surface area contributed by atoms with E-state index in [4.69, 9.17) is 28.2 Å². The molecule has 1 atom stereocenters. The van der Waals surface area contributed by atoms with Crippen LogP contribution in [0.2, 0.25) is 10.0 Å². The van der Waals surface area contributed by atoms with Crippen LogP contribution in [0.4, 0.5) is 23.1 Å². The molecule has 0 saturated carbocycles. The molecule has 2 aromatic heterocycles. The quantitative estimate of drug-likeness (QED) is 0.231. The minimum absolute atomic E-state index is 0.383. The Kier molecular flexibility index (Phi) is 7.38. The average molecular weight is 524 g/mol. The van der Waals surface area contributed by atoms with Gasteiger partial charge in [0.15, 0.2) is 0 Å². The number of aliphatic hydroxyl groups excluding tert-OH is 1. The monoisotopic (exact) mass is 523 g/mol. The van der Waals surface area contributed by atoms with Crippen LogP contribution in [0.5, 0.6) is 0 Å². The molecule has 36 heavy (non-hydrogen) atoms. The third-order valence-corrected chi connectivity index (χ3v) is 6.62. The topological polar surface area (TPSA) is 99.9 Å². The number of anilines is 4. The molecule has 1 fully saturated rings. The molecule has 4 N–H and O–H groups in total. The van der Waals surface area contributed by atoms with E-state index in [1.807, 2.05) is 0 Å². The number of halogens is 2. The molecule has 3 heterocycles. The van der Waals surface area contributed by atoms with Crippen molar-refractivity contribution in [3.05, 3.63) is 76.7 Å². The van der Waals surface area contributed by atoms with Crippen molar-refractivity contribution in [3.63, 3.8) is 0 Å². The molecule has 5 rings (SSSR count). The predicted molar refractivity (Wildman–Crippen MR) is 144 cm³/mol. The van der Waals surface area contributed by atoms with Crippen LogP contribution in [-0.2, 0) is 0 Å². The van der Waals surface area contributed by atoms with E-state index < -0.39 is 6.23 Å². The molecule has 186 valence electrons. The summed E-state index contributed by atoms with van der Waals surface area (Å²) in [5.41, 5.74) is 4.47. The van der Waals surface area contributed by atoms with Gasteiger partial charge in [-0.1, -0.05) is 35.3 Å². The molecule has 0 radical (unpaired) electrons. The minimum Gasteiger partial charge on any atom is -0.372 e. The molecule has 1 saturated heterocycles. The van der Waals surface area contributed by atoms with Gasteiger partial charge in [-0.25, -0.2) is 9.67 Å². The molecule has 1 unspecified atom stereocenters. The number of piperidine rings is 1. The van der Waals surface area contributed by atoms with E-state index in [1.54, 1.807) is 43.7 Å². The lowest BCUT2D eigenvalue weighted by Crippen LogP contribution is -2.26. The third kappa shape index (κ3) is 5.79. The smallest absolute Gasteiger partial charge is 0.229 e. The van der Waals surface area contributed by atoms with Crippen LogP contribution >= 0.6 is 23.2 Å². The fraction of sp³-hybridized carbons (Fsp3) is 0.269. The second kappa shape index (κ2) is 10.8. The van der Waals surface area contributed by atoms with Gasteiger partial charge < -0.3 is 21.1 Å². The molecule has 10 heteroatoms. The average Bonchev–Trinajstić information content (AvgIpc) is 3.35. The summed E-state index contributed by atoms with van der Waals surface area (Å²) < 4.78 is 1.48. The number of nitrogens with zero attached hydrogens (tertiary/aromatic N) is 4. The van der Waals surface area contributed by atoms with Gasteiger partial charge in [-0.15, -0.1) is 0 Å². The first-order valence-corrected chi connectivity index (χ1v) is 12.6. The third-order valence-electron chi connectivity index (χ3n) is 6.19. The second-order valence-electron chi connectivity index (χ2n) is 8.85. The lowest BCUT2D eigenvalue weighted by atomic mass is 9.90. The predicted octanol–water partition coefficient (Wildman–Crippen LogP) is 6.11. The Morgan fingerprint density at radius 1 is 1.00 bits per heavy atom. The molecule has 8 nitrogen and oxygen atoms in total. The lowest BCUT2D eigenvalue weighted by Gasteiger charge is -2.23. The summed E-state index contributed by atoms with van der Waals surface area (Å²) in [6.07, 6.45) is 6.72. The SMILES string of the molecule is CC(O)n1cc(-c2cnc(Nc3cc(Cl)cc(Cl)c3)nc2Nc2ccc(C3CCNCC3)cc2)cn1. The fourth-order valence-corrected chi connectivity index (χ4v) is 4.84. The summed E-state index contributed by atoms with van der Waals surface area (Å²) in [4.78, 5) is 9.23. The summed E-state index contributed by atoms with van der Waals surface area (Å²) in [5, 5.41) is 25.2. The van der Waals surface area contributed by atoms with E-state index in [1.165, 1.54) is 10.2 Å². The van der Waals surface area contributed by atoms with Gasteiger partial charge in [0.2, 0.25) is 5.95 Å². The Bertz CT molecular complexity index is 1310. The Morgan fingerprint density at radius 2 is 1.72 bits per heavy atom. The van der Waals surface area contributed by atoms with Gasteiger partial charge in [0.05, 0.1) is 6.20 Å². The molecular formula is C26H27Cl2N7O. The maximum Gasteiger partial charge on any atom is 0.229 e. The molecule has 2 aromatic carbocycles. The Hall–Kier alpha value is -3.17. The number of benzene rings is 2. The van der Waals surface area contributed by atoms with E-state index in [0.29, 0.717) is 33.4 Å². The van der Waals surface area contributed by atoms with Crippen LogP contribution < -0.4 is 16.0 Å². The van der Waals surface area contributed by atoms with Crippen molar-refractivity contribution < 1.29 is 5.11 Å². The zero-order chi connectivity index (χ0) is 25.1. The van der Waals surface area contributed by atoms with E-state index in [0.717, 1.165) is 42.7 Å². The summed E-state index contributed by atoms with van der Waals surface area (Å²) in [6, 6.07) is 13.7. The van der Waals surface area contributed by atoms with Gasteiger partial charge >= 0.3 is 0 Å². The molecule has 0 amide bonds. The largest absolute Gasteiger partial charge is 0.372 e. The standard InChI is InChI=1S/C26H27Cl2N7O/c1-16(36)35-15-19(13-31-35)24-14-30-26(33-23-11-20(27)10-21(28)12-23)34-25(24)32-22-4-2-17(3-5-22)18-6-8-29-9-7-18/h2-5,10-16,18,29,36H,6-9H2,1H3,(H2,30,32,33,34). The van der Waals surface area contributed by atoms with Gasteiger partial charge in [-0.05, 0) is 74.7 Å². The first-order valence-electron chi connectivity index (χ1n) is 11.8. The lowest BCUT2D eigenvalue weighted by molar-refractivity contribution is 0.111. The van der Waals surface area contributed by atoms with Crippen LogP contribution in [-0.4, -0.2) is 37.9 Å². The summed E-state index contributed by atoms with van der Waals surface area (Å²) in [7, 11) is 0. The molecule has 0 spiro atoms. The molecule has 1 aliphatic heterocycles. The first-order chi connectivity index (χ1) is 17.4. The second-order valence-corrected chi connectivity index (χ2v) is 9.72. The van der Waals surface area contributed by atoms with Crippen molar-refractivity contribution in [3.8, 4) is 11.1 Å². The van der Waals surface area contributed by atoms with Crippen LogP contribution in [0, 0.1) is 0 Å². The molecule has 0 aliphatic carbocycles.